The number of ether oxygens (including phenoxy) is 1. The molecule has 0 unspecified atom stereocenters. The van der Waals surface area contributed by atoms with E-state index in [0.29, 0.717) is 5.92 Å². The van der Waals surface area contributed by atoms with E-state index >= 15 is 0 Å². The number of likely N-dealkylation sites (tertiary alicyclic amines) is 1. The summed E-state index contributed by atoms with van der Waals surface area (Å²) in [7, 11) is 3.33. The Hall–Kier alpha value is -1.91. The van der Waals surface area contributed by atoms with E-state index < -0.39 is 0 Å². The molecule has 1 aromatic rings. The number of fused-ring (bicyclic) bond motifs is 3. The van der Waals surface area contributed by atoms with Crippen molar-refractivity contribution < 1.29 is 9.53 Å². The fourth-order valence-corrected chi connectivity index (χ4v) is 3.02. The number of amides is 1. The summed E-state index contributed by atoms with van der Waals surface area (Å²) in [5, 5.41) is 6.62. The number of hydrogen-bond donors (Lipinski definition) is 2. The first-order chi connectivity index (χ1) is 8.76. The van der Waals surface area contributed by atoms with E-state index in [2.05, 4.69) is 22.8 Å². The van der Waals surface area contributed by atoms with Gasteiger partial charge in [0.25, 0.3) is 0 Å². The number of methoxy groups -OCH3 is 1. The molecule has 1 aromatic carbocycles. The van der Waals surface area contributed by atoms with Gasteiger partial charge < -0.3 is 15.4 Å². The molecule has 0 spiro atoms. The van der Waals surface area contributed by atoms with Crippen LogP contribution in [0.1, 0.15) is 17.9 Å². The van der Waals surface area contributed by atoms with Crippen molar-refractivity contribution >= 4 is 17.5 Å². The minimum absolute atomic E-state index is 0.0296. The molecule has 0 saturated carbocycles. The average Bonchev–Trinajstić information content (AvgIpc) is 2.96. The van der Waals surface area contributed by atoms with E-state index in [0.717, 1.165) is 24.3 Å². The number of carbonyl (C=O) groups is 1. The third kappa shape index (κ3) is 1.43. The smallest absolute Gasteiger partial charge is 0.411 e. The van der Waals surface area contributed by atoms with Crippen molar-refractivity contribution in [2.24, 2.45) is 0 Å². The van der Waals surface area contributed by atoms with Gasteiger partial charge in [0.2, 0.25) is 0 Å². The third-order valence-corrected chi connectivity index (χ3v) is 3.86. The fraction of sp³-hybridized carbons (Fsp3) is 0.462. The fourth-order valence-electron chi connectivity index (χ4n) is 3.02. The lowest BCUT2D eigenvalue weighted by Gasteiger charge is -2.23. The summed E-state index contributed by atoms with van der Waals surface area (Å²) in [6.45, 7) is 0.748. The van der Waals surface area contributed by atoms with E-state index in [1.54, 1.807) is 4.90 Å². The Labute approximate surface area is 106 Å². The molecule has 0 aliphatic carbocycles. The summed E-state index contributed by atoms with van der Waals surface area (Å²) in [5.41, 5.74) is 3.48. The molecule has 2 atom stereocenters. The Morgan fingerprint density at radius 1 is 1.56 bits per heavy atom. The van der Waals surface area contributed by atoms with Crippen molar-refractivity contribution in [1.82, 2.24) is 4.90 Å². The normalized spacial score (nSPS) is 24.2. The van der Waals surface area contributed by atoms with Crippen LogP contribution in [0, 0.1) is 0 Å². The molecule has 5 nitrogen and oxygen atoms in total. The van der Waals surface area contributed by atoms with Gasteiger partial charge in [0.15, 0.2) is 0 Å². The maximum Gasteiger partial charge on any atom is 0.411 e. The second-order valence-electron chi connectivity index (χ2n) is 4.67. The molecule has 1 amide bonds. The van der Waals surface area contributed by atoms with Gasteiger partial charge in [-0.3, -0.25) is 4.90 Å². The summed E-state index contributed by atoms with van der Waals surface area (Å²) in [5.74, 6) is 0.368. The van der Waals surface area contributed by atoms with Gasteiger partial charge in [-0.15, -0.1) is 0 Å². The zero-order valence-corrected chi connectivity index (χ0v) is 10.6. The van der Waals surface area contributed by atoms with Crippen molar-refractivity contribution in [3.8, 4) is 0 Å². The van der Waals surface area contributed by atoms with Crippen molar-refractivity contribution in [3.05, 3.63) is 23.8 Å². The largest absolute Gasteiger partial charge is 0.453 e. The Kier molecular flexibility index (Phi) is 2.54. The molecule has 5 heteroatoms. The van der Waals surface area contributed by atoms with Crippen molar-refractivity contribution in [2.45, 2.75) is 18.5 Å². The van der Waals surface area contributed by atoms with Crippen LogP contribution >= 0.6 is 0 Å². The van der Waals surface area contributed by atoms with Crippen LogP contribution < -0.4 is 10.6 Å². The first-order valence-electron chi connectivity index (χ1n) is 6.18. The van der Waals surface area contributed by atoms with Crippen molar-refractivity contribution in [1.29, 1.82) is 0 Å². The summed E-state index contributed by atoms with van der Waals surface area (Å²) in [6.07, 6.45) is 0.753. The third-order valence-electron chi connectivity index (χ3n) is 3.86. The Morgan fingerprint density at radius 3 is 3.11 bits per heavy atom. The van der Waals surface area contributed by atoms with Crippen LogP contribution in [0.3, 0.4) is 0 Å². The lowest BCUT2D eigenvalue weighted by molar-refractivity contribution is 0.122. The lowest BCUT2D eigenvalue weighted by atomic mass is 9.98. The van der Waals surface area contributed by atoms with Crippen molar-refractivity contribution in [2.75, 3.05) is 31.3 Å². The van der Waals surface area contributed by atoms with Gasteiger partial charge in [0.05, 0.1) is 18.5 Å². The number of benzene rings is 1. The van der Waals surface area contributed by atoms with Gasteiger partial charge in [0.1, 0.15) is 6.17 Å². The molecule has 1 saturated heterocycles. The van der Waals surface area contributed by atoms with Crippen LogP contribution in [-0.2, 0) is 4.74 Å². The monoisotopic (exact) mass is 247 g/mol. The van der Waals surface area contributed by atoms with Gasteiger partial charge in [-0.25, -0.2) is 4.79 Å². The van der Waals surface area contributed by atoms with Crippen LogP contribution in [0.4, 0.5) is 16.2 Å². The number of hydrogen-bond acceptors (Lipinski definition) is 4. The maximum atomic E-state index is 11.7. The molecule has 2 N–H and O–H groups in total. The number of nitrogens with zero attached hydrogens (tertiary/aromatic N) is 1. The first-order valence-corrected chi connectivity index (χ1v) is 6.18. The number of rotatable bonds is 1. The summed E-state index contributed by atoms with van der Waals surface area (Å²) in [4.78, 5) is 13.5. The Balaban J connectivity index is 1.94. The highest BCUT2D eigenvalue weighted by molar-refractivity contribution is 5.79. The van der Waals surface area contributed by atoms with Crippen molar-refractivity contribution in [3.63, 3.8) is 0 Å². The quantitative estimate of drug-likeness (QED) is 0.797. The molecule has 96 valence electrons. The predicted octanol–water partition coefficient (Wildman–Crippen LogP) is 2.04. The standard InChI is InChI=1S/C13H17N3O2/c1-14-10-5-3-4-8-9-6-7-16(13(17)18-2)12(9)15-11(8)10/h3-5,9,12,14-15H,6-7H2,1-2H3/t9-,12-/m1/s1. The lowest BCUT2D eigenvalue weighted by Crippen LogP contribution is -2.40. The molecule has 1 fully saturated rings. The van der Waals surface area contributed by atoms with Crippen LogP contribution in [0.25, 0.3) is 0 Å². The summed E-state index contributed by atoms with van der Waals surface area (Å²) >= 11 is 0. The van der Waals surface area contributed by atoms with E-state index in [1.165, 1.54) is 12.7 Å². The van der Waals surface area contributed by atoms with Crippen LogP contribution in [-0.4, -0.2) is 37.9 Å². The molecule has 0 bridgehead atoms. The minimum Gasteiger partial charge on any atom is -0.453 e. The van der Waals surface area contributed by atoms with E-state index in [4.69, 9.17) is 4.74 Å². The number of carbonyl (C=O) groups excluding carboxylic acids is 1. The Bertz CT molecular complexity index is 489. The highest BCUT2D eigenvalue weighted by atomic mass is 16.5. The average molecular weight is 247 g/mol. The van der Waals surface area contributed by atoms with E-state index in [1.807, 2.05) is 13.1 Å². The van der Waals surface area contributed by atoms with E-state index in [9.17, 15) is 4.79 Å². The molecule has 3 rings (SSSR count). The molecule has 2 heterocycles. The molecule has 2 aliphatic heterocycles. The zero-order chi connectivity index (χ0) is 12.7. The number of nitrogens with one attached hydrogen (secondary N) is 2. The molecule has 2 aliphatic rings. The summed E-state index contributed by atoms with van der Waals surface area (Å²) < 4.78 is 4.83. The highest BCUT2D eigenvalue weighted by Crippen LogP contribution is 2.46. The SMILES string of the molecule is CNc1cccc2c1N[C@H]1[C@@H]2CCN1C(=O)OC. The molecular formula is C13H17N3O2. The van der Waals surface area contributed by atoms with Gasteiger partial charge in [-0.2, -0.15) is 0 Å². The molecule has 0 radical (unpaired) electrons. The zero-order valence-electron chi connectivity index (χ0n) is 10.6. The van der Waals surface area contributed by atoms with Crippen LogP contribution in [0.2, 0.25) is 0 Å². The van der Waals surface area contributed by atoms with Gasteiger partial charge in [-0.05, 0) is 18.1 Å². The van der Waals surface area contributed by atoms with Crippen LogP contribution in [0.5, 0.6) is 0 Å². The highest BCUT2D eigenvalue weighted by Gasteiger charge is 2.44. The minimum atomic E-state index is -0.256. The van der Waals surface area contributed by atoms with Gasteiger partial charge in [-0.1, -0.05) is 12.1 Å². The number of para-hydroxylation sites is 1. The van der Waals surface area contributed by atoms with Crippen LogP contribution in [0.15, 0.2) is 18.2 Å². The maximum absolute atomic E-state index is 11.7. The van der Waals surface area contributed by atoms with Gasteiger partial charge >= 0.3 is 6.09 Å². The second kappa shape index (κ2) is 4.08. The second-order valence-corrected chi connectivity index (χ2v) is 4.67. The topological polar surface area (TPSA) is 53.6 Å². The molecule has 0 aromatic heterocycles. The van der Waals surface area contributed by atoms with E-state index in [-0.39, 0.29) is 12.3 Å². The molecule has 18 heavy (non-hydrogen) atoms. The van der Waals surface area contributed by atoms with Gasteiger partial charge in [0, 0.05) is 19.5 Å². The Morgan fingerprint density at radius 2 is 2.39 bits per heavy atom. The first kappa shape index (κ1) is 11.2. The summed E-state index contributed by atoms with van der Waals surface area (Å²) in [6, 6.07) is 6.22. The predicted molar refractivity (Wildman–Crippen MR) is 69.9 cm³/mol. The number of anilines is 2. The molecular weight excluding hydrogens is 230 g/mol.